The molecule has 1 aliphatic heterocycles. The summed E-state index contributed by atoms with van der Waals surface area (Å²) < 4.78 is 31.6. The summed E-state index contributed by atoms with van der Waals surface area (Å²) in [4.78, 5) is 14.2. The van der Waals surface area contributed by atoms with Crippen LogP contribution in [0.15, 0.2) is 29.2 Å². The Kier molecular flexibility index (Phi) is 4.20. The number of sulfonamides is 1. The summed E-state index contributed by atoms with van der Waals surface area (Å²) in [6, 6.07) is 6.55. The maximum absolute atomic E-state index is 12.5. The van der Waals surface area contributed by atoms with Crippen molar-refractivity contribution in [3.05, 3.63) is 29.8 Å². The highest BCUT2D eigenvalue weighted by molar-refractivity contribution is 7.89. The number of carbonyl (C=O) groups is 1. The summed E-state index contributed by atoms with van der Waals surface area (Å²) in [6.45, 7) is 1.57. The monoisotopic (exact) mass is 324 g/mol. The molecule has 120 valence electrons. The van der Waals surface area contributed by atoms with Gasteiger partial charge in [-0.2, -0.15) is 4.31 Å². The van der Waals surface area contributed by atoms with Gasteiger partial charge in [-0.1, -0.05) is 0 Å². The smallest absolute Gasteiger partial charge is 0.253 e. The number of benzene rings is 1. The predicted molar refractivity (Wildman–Crippen MR) is 81.1 cm³/mol. The van der Waals surface area contributed by atoms with E-state index in [0.717, 1.165) is 12.8 Å². The predicted octanol–water partition coefficient (Wildman–Crippen LogP) is 0.942. The van der Waals surface area contributed by atoms with E-state index in [-0.39, 0.29) is 10.8 Å². The summed E-state index contributed by atoms with van der Waals surface area (Å²) in [5.41, 5.74) is 0.523. The minimum atomic E-state index is -3.50. The Morgan fingerprint density at radius 3 is 2.32 bits per heavy atom. The molecule has 1 aromatic carbocycles. The van der Waals surface area contributed by atoms with Crippen molar-refractivity contribution in [2.45, 2.75) is 23.8 Å². The molecule has 1 amide bonds. The molecule has 6 nitrogen and oxygen atoms in total. The zero-order chi connectivity index (χ0) is 15.7. The molecule has 1 heterocycles. The minimum Gasteiger partial charge on any atom is -0.379 e. The highest BCUT2D eigenvalue weighted by atomic mass is 32.2. The lowest BCUT2D eigenvalue weighted by Gasteiger charge is -2.26. The van der Waals surface area contributed by atoms with Crippen LogP contribution in [0.1, 0.15) is 23.2 Å². The lowest BCUT2D eigenvalue weighted by molar-refractivity contribution is 0.0730. The van der Waals surface area contributed by atoms with E-state index in [1.165, 1.54) is 16.4 Å². The van der Waals surface area contributed by atoms with Gasteiger partial charge in [0.25, 0.3) is 5.91 Å². The minimum absolute atomic E-state index is 0.0576. The van der Waals surface area contributed by atoms with Gasteiger partial charge in [-0.05, 0) is 37.1 Å². The number of morpholine rings is 1. The van der Waals surface area contributed by atoms with Crippen molar-refractivity contribution >= 4 is 15.9 Å². The van der Waals surface area contributed by atoms with Crippen molar-refractivity contribution in [3.8, 4) is 0 Å². The fourth-order valence-electron chi connectivity index (χ4n) is 2.54. The molecule has 3 rings (SSSR count). The van der Waals surface area contributed by atoms with E-state index in [4.69, 9.17) is 4.74 Å². The van der Waals surface area contributed by atoms with Crippen LogP contribution in [0.5, 0.6) is 0 Å². The van der Waals surface area contributed by atoms with Gasteiger partial charge in [0, 0.05) is 31.7 Å². The average Bonchev–Trinajstić information content (AvgIpc) is 3.39. The van der Waals surface area contributed by atoms with E-state index in [1.807, 2.05) is 0 Å². The summed E-state index contributed by atoms with van der Waals surface area (Å²) in [7, 11) is -1.71. The van der Waals surface area contributed by atoms with E-state index in [0.29, 0.717) is 37.9 Å². The first kappa shape index (κ1) is 15.5. The third-order valence-electron chi connectivity index (χ3n) is 4.12. The van der Waals surface area contributed by atoms with Crippen LogP contribution in [0.4, 0.5) is 0 Å². The Morgan fingerprint density at radius 2 is 1.77 bits per heavy atom. The van der Waals surface area contributed by atoms with E-state index < -0.39 is 10.0 Å². The standard InChI is InChI=1S/C15H20N2O4S/c1-16(13-4-5-13)15(18)12-2-6-14(7-3-12)22(19,20)17-8-10-21-11-9-17/h2-3,6-7,13H,4-5,8-11H2,1H3. The first-order valence-corrected chi connectivity index (χ1v) is 8.89. The molecule has 0 N–H and O–H groups in total. The van der Waals surface area contributed by atoms with E-state index in [9.17, 15) is 13.2 Å². The third-order valence-corrected chi connectivity index (χ3v) is 6.04. The molecule has 0 spiro atoms. The molecular weight excluding hydrogens is 304 g/mol. The van der Waals surface area contributed by atoms with Crippen molar-refractivity contribution in [2.75, 3.05) is 33.4 Å². The second-order valence-electron chi connectivity index (χ2n) is 5.69. The second-order valence-corrected chi connectivity index (χ2v) is 7.63. The first-order valence-electron chi connectivity index (χ1n) is 7.45. The maximum atomic E-state index is 12.5. The summed E-state index contributed by atoms with van der Waals surface area (Å²) in [5.74, 6) is -0.0576. The van der Waals surface area contributed by atoms with Crippen molar-refractivity contribution in [2.24, 2.45) is 0 Å². The highest BCUT2D eigenvalue weighted by Crippen LogP contribution is 2.27. The van der Waals surface area contributed by atoms with Crippen LogP contribution in [-0.4, -0.2) is 62.9 Å². The lowest BCUT2D eigenvalue weighted by Crippen LogP contribution is -2.40. The van der Waals surface area contributed by atoms with Gasteiger partial charge in [0.2, 0.25) is 10.0 Å². The van der Waals surface area contributed by atoms with Gasteiger partial charge in [0.1, 0.15) is 0 Å². The van der Waals surface area contributed by atoms with Gasteiger partial charge >= 0.3 is 0 Å². The Morgan fingerprint density at radius 1 is 1.18 bits per heavy atom. The molecule has 22 heavy (non-hydrogen) atoms. The highest BCUT2D eigenvalue weighted by Gasteiger charge is 2.30. The van der Waals surface area contributed by atoms with Crippen molar-refractivity contribution < 1.29 is 17.9 Å². The first-order chi connectivity index (χ1) is 10.5. The quantitative estimate of drug-likeness (QED) is 0.827. The molecular formula is C15H20N2O4S. The number of hydrogen-bond donors (Lipinski definition) is 0. The van der Waals surface area contributed by atoms with Crippen LogP contribution in [-0.2, 0) is 14.8 Å². The van der Waals surface area contributed by atoms with E-state index in [2.05, 4.69) is 0 Å². The fraction of sp³-hybridized carbons (Fsp3) is 0.533. The average molecular weight is 324 g/mol. The molecule has 1 aromatic rings. The van der Waals surface area contributed by atoms with E-state index >= 15 is 0 Å². The largest absolute Gasteiger partial charge is 0.379 e. The van der Waals surface area contributed by atoms with Gasteiger partial charge in [-0.25, -0.2) is 8.42 Å². The summed E-state index contributed by atoms with van der Waals surface area (Å²) >= 11 is 0. The molecule has 2 fully saturated rings. The number of ether oxygens (including phenoxy) is 1. The van der Waals surface area contributed by atoms with Gasteiger partial charge in [0.05, 0.1) is 18.1 Å². The van der Waals surface area contributed by atoms with Gasteiger partial charge in [-0.15, -0.1) is 0 Å². The van der Waals surface area contributed by atoms with Crippen LogP contribution < -0.4 is 0 Å². The van der Waals surface area contributed by atoms with Gasteiger partial charge < -0.3 is 9.64 Å². The number of rotatable bonds is 4. The molecule has 1 saturated heterocycles. The fourth-order valence-corrected chi connectivity index (χ4v) is 3.94. The molecule has 7 heteroatoms. The SMILES string of the molecule is CN(C(=O)c1ccc(S(=O)(=O)N2CCOCC2)cc1)C1CC1. The third kappa shape index (κ3) is 3.02. The molecule has 0 bridgehead atoms. The van der Waals surface area contributed by atoms with E-state index in [1.54, 1.807) is 24.1 Å². The Bertz CT molecular complexity index is 647. The van der Waals surface area contributed by atoms with Crippen LogP contribution in [0.2, 0.25) is 0 Å². The Labute approximate surface area is 130 Å². The van der Waals surface area contributed by atoms with Gasteiger partial charge in [0.15, 0.2) is 0 Å². The van der Waals surface area contributed by atoms with Crippen molar-refractivity contribution in [1.82, 2.24) is 9.21 Å². The van der Waals surface area contributed by atoms with Crippen LogP contribution in [0.3, 0.4) is 0 Å². The summed E-state index contributed by atoms with van der Waals surface area (Å²) in [6.07, 6.45) is 2.09. The Hall–Kier alpha value is -1.44. The molecule has 1 aliphatic carbocycles. The molecule has 0 atom stereocenters. The second kappa shape index (κ2) is 5.98. The van der Waals surface area contributed by atoms with Crippen molar-refractivity contribution in [3.63, 3.8) is 0 Å². The van der Waals surface area contributed by atoms with Crippen molar-refractivity contribution in [1.29, 1.82) is 0 Å². The molecule has 1 saturated carbocycles. The topological polar surface area (TPSA) is 66.9 Å². The summed E-state index contributed by atoms with van der Waals surface area (Å²) in [5, 5.41) is 0. The normalized spacial score (nSPS) is 19.9. The number of hydrogen-bond acceptors (Lipinski definition) is 4. The molecule has 0 radical (unpaired) electrons. The van der Waals surface area contributed by atoms with Crippen LogP contribution in [0.25, 0.3) is 0 Å². The number of carbonyl (C=O) groups excluding carboxylic acids is 1. The van der Waals surface area contributed by atoms with Crippen LogP contribution in [0, 0.1) is 0 Å². The molecule has 0 unspecified atom stereocenters. The Balaban J connectivity index is 1.77. The number of nitrogens with zero attached hydrogens (tertiary/aromatic N) is 2. The van der Waals surface area contributed by atoms with Gasteiger partial charge in [-0.3, -0.25) is 4.79 Å². The van der Waals surface area contributed by atoms with Crippen LogP contribution >= 0.6 is 0 Å². The zero-order valence-electron chi connectivity index (χ0n) is 12.6. The lowest BCUT2D eigenvalue weighted by atomic mass is 10.2. The number of amides is 1. The molecule has 2 aliphatic rings. The molecule has 0 aromatic heterocycles. The zero-order valence-corrected chi connectivity index (χ0v) is 13.4. The maximum Gasteiger partial charge on any atom is 0.253 e.